The van der Waals surface area contributed by atoms with Gasteiger partial charge in [0.05, 0.1) is 5.75 Å². The van der Waals surface area contributed by atoms with Crippen molar-refractivity contribution < 1.29 is 4.79 Å². The van der Waals surface area contributed by atoms with Gasteiger partial charge < -0.3 is 11.1 Å². The van der Waals surface area contributed by atoms with E-state index in [4.69, 9.17) is 5.73 Å². The lowest BCUT2D eigenvalue weighted by atomic mass is 10.2. The van der Waals surface area contributed by atoms with Crippen LogP contribution in [0.4, 0.5) is 0 Å². The van der Waals surface area contributed by atoms with E-state index in [2.05, 4.69) is 17.4 Å². The van der Waals surface area contributed by atoms with Crippen LogP contribution in [0.5, 0.6) is 0 Å². The smallest absolute Gasteiger partial charge is 0.227 e. The molecule has 1 aliphatic rings. The molecule has 0 atom stereocenters. The van der Waals surface area contributed by atoms with Crippen LogP contribution in [0.2, 0.25) is 0 Å². The van der Waals surface area contributed by atoms with Gasteiger partial charge in [-0.25, -0.2) is 0 Å². The second-order valence-corrected chi connectivity index (χ2v) is 5.11. The molecule has 3 N–H and O–H groups in total. The Labute approximate surface area is 99.8 Å². The number of carbonyl (C=O) groups excluding carboxylic acids is 1. The molecule has 1 aliphatic carbocycles. The SMILES string of the molecule is NC(=O)CSc1cccc(CNC2CC2)c1. The highest BCUT2D eigenvalue weighted by Gasteiger charge is 2.19. The molecular formula is C12H16N2OS. The van der Waals surface area contributed by atoms with Crippen LogP contribution in [-0.2, 0) is 11.3 Å². The van der Waals surface area contributed by atoms with Gasteiger partial charge in [-0.15, -0.1) is 11.8 Å². The number of nitrogens with two attached hydrogens (primary N) is 1. The topological polar surface area (TPSA) is 55.1 Å². The molecule has 0 radical (unpaired) electrons. The molecule has 0 aliphatic heterocycles. The Morgan fingerprint density at radius 1 is 1.50 bits per heavy atom. The van der Waals surface area contributed by atoms with Crippen molar-refractivity contribution in [1.82, 2.24) is 5.32 Å². The first-order valence-electron chi connectivity index (χ1n) is 5.47. The minimum Gasteiger partial charge on any atom is -0.369 e. The average molecular weight is 236 g/mol. The summed E-state index contributed by atoms with van der Waals surface area (Å²) in [5.41, 5.74) is 6.38. The highest BCUT2D eigenvalue weighted by Crippen LogP contribution is 2.21. The van der Waals surface area contributed by atoms with Gasteiger partial charge in [0.2, 0.25) is 5.91 Å². The molecule has 86 valence electrons. The largest absolute Gasteiger partial charge is 0.369 e. The molecule has 1 aromatic carbocycles. The number of nitrogens with one attached hydrogen (secondary N) is 1. The summed E-state index contributed by atoms with van der Waals surface area (Å²) >= 11 is 1.49. The molecule has 0 unspecified atom stereocenters. The van der Waals surface area contributed by atoms with Crippen molar-refractivity contribution >= 4 is 17.7 Å². The van der Waals surface area contributed by atoms with E-state index in [0.717, 1.165) is 17.5 Å². The second-order valence-electron chi connectivity index (χ2n) is 4.06. The van der Waals surface area contributed by atoms with Crippen molar-refractivity contribution in [3.8, 4) is 0 Å². The minimum atomic E-state index is -0.272. The third-order valence-corrected chi connectivity index (χ3v) is 3.47. The third kappa shape index (κ3) is 3.87. The quantitative estimate of drug-likeness (QED) is 0.736. The van der Waals surface area contributed by atoms with Crippen molar-refractivity contribution in [2.24, 2.45) is 5.73 Å². The van der Waals surface area contributed by atoms with E-state index in [1.54, 1.807) is 0 Å². The zero-order valence-corrected chi connectivity index (χ0v) is 9.93. The standard InChI is InChI=1S/C12H16N2OS/c13-12(15)8-16-11-3-1-2-9(6-11)7-14-10-4-5-10/h1-3,6,10,14H,4-5,7-8H2,(H2,13,15). The number of carbonyl (C=O) groups is 1. The maximum atomic E-state index is 10.7. The van der Waals surface area contributed by atoms with Crippen LogP contribution in [0.15, 0.2) is 29.2 Å². The van der Waals surface area contributed by atoms with Gasteiger partial charge in [0.1, 0.15) is 0 Å². The number of hydrogen-bond donors (Lipinski definition) is 2. The van der Waals surface area contributed by atoms with Crippen molar-refractivity contribution in [3.63, 3.8) is 0 Å². The van der Waals surface area contributed by atoms with E-state index in [9.17, 15) is 4.79 Å². The van der Waals surface area contributed by atoms with E-state index in [0.29, 0.717) is 5.75 Å². The van der Waals surface area contributed by atoms with E-state index in [-0.39, 0.29) is 5.91 Å². The lowest BCUT2D eigenvalue weighted by molar-refractivity contribution is -0.115. The highest BCUT2D eigenvalue weighted by molar-refractivity contribution is 8.00. The Morgan fingerprint density at radius 2 is 2.31 bits per heavy atom. The molecule has 16 heavy (non-hydrogen) atoms. The predicted molar refractivity (Wildman–Crippen MR) is 66.2 cm³/mol. The predicted octanol–water partition coefficient (Wildman–Crippen LogP) is 1.52. The zero-order valence-electron chi connectivity index (χ0n) is 9.11. The number of thioether (sulfide) groups is 1. The van der Waals surface area contributed by atoms with Crippen molar-refractivity contribution in [3.05, 3.63) is 29.8 Å². The lowest BCUT2D eigenvalue weighted by Crippen LogP contribution is -2.15. The summed E-state index contributed by atoms with van der Waals surface area (Å²) in [4.78, 5) is 11.8. The zero-order chi connectivity index (χ0) is 11.4. The third-order valence-electron chi connectivity index (χ3n) is 2.45. The van der Waals surface area contributed by atoms with Gasteiger partial charge in [0.25, 0.3) is 0 Å². The number of hydrogen-bond acceptors (Lipinski definition) is 3. The van der Waals surface area contributed by atoms with Crippen LogP contribution in [-0.4, -0.2) is 17.7 Å². The van der Waals surface area contributed by atoms with Crippen molar-refractivity contribution in [2.75, 3.05) is 5.75 Å². The summed E-state index contributed by atoms with van der Waals surface area (Å²) in [7, 11) is 0. The summed E-state index contributed by atoms with van der Waals surface area (Å²) < 4.78 is 0. The number of amides is 1. The van der Waals surface area contributed by atoms with Gasteiger partial charge in [-0.2, -0.15) is 0 Å². The second kappa shape index (κ2) is 5.37. The van der Waals surface area contributed by atoms with E-state index < -0.39 is 0 Å². The first kappa shape index (κ1) is 11.5. The molecule has 1 fully saturated rings. The molecule has 0 aromatic heterocycles. The normalized spacial score (nSPS) is 15.0. The fraction of sp³-hybridized carbons (Fsp3) is 0.417. The fourth-order valence-corrected chi connectivity index (χ4v) is 2.17. The van der Waals surface area contributed by atoms with E-state index >= 15 is 0 Å². The van der Waals surface area contributed by atoms with Gasteiger partial charge in [0, 0.05) is 17.5 Å². The van der Waals surface area contributed by atoms with Crippen LogP contribution < -0.4 is 11.1 Å². The summed E-state index contributed by atoms with van der Waals surface area (Å²) in [5.74, 6) is 0.0750. The first-order valence-corrected chi connectivity index (χ1v) is 6.46. The summed E-state index contributed by atoms with van der Waals surface area (Å²) in [6.45, 7) is 0.912. The van der Waals surface area contributed by atoms with Gasteiger partial charge in [0.15, 0.2) is 0 Å². The Bertz CT molecular complexity index is 377. The van der Waals surface area contributed by atoms with Crippen LogP contribution in [0.1, 0.15) is 18.4 Å². The monoisotopic (exact) mass is 236 g/mol. The Morgan fingerprint density at radius 3 is 3.00 bits per heavy atom. The molecule has 0 bridgehead atoms. The van der Waals surface area contributed by atoms with E-state index in [1.165, 1.54) is 30.2 Å². The van der Waals surface area contributed by atoms with Gasteiger partial charge in [-0.1, -0.05) is 12.1 Å². The molecule has 0 heterocycles. The number of rotatable bonds is 6. The molecule has 3 nitrogen and oxygen atoms in total. The molecule has 1 aromatic rings. The van der Waals surface area contributed by atoms with Crippen molar-refractivity contribution in [1.29, 1.82) is 0 Å². The van der Waals surface area contributed by atoms with Gasteiger partial charge >= 0.3 is 0 Å². The summed E-state index contributed by atoms with van der Waals surface area (Å²) in [6, 6.07) is 8.97. The molecule has 0 saturated heterocycles. The lowest BCUT2D eigenvalue weighted by Gasteiger charge is -2.05. The van der Waals surface area contributed by atoms with Crippen LogP contribution in [0, 0.1) is 0 Å². The van der Waals surface area contributed by atoms with Gasteiger partial charge in [-0.3, -0.25) is 4.79 Å². The fourth-order valence-electron chi connectivity index (χ4n) is 1.45. The molecule has 0 spiro atoms. The minimum absolute atomic E-state index is 0.272. The molecule has 4 heteroatoms. The van der Waals surface area contributed by atoms with Crippen molar-refractivity contribution in [2.45, 2.75) is 30.3 Å². The summed E-state index contributed by atoms with van der Waals surface area (Å²) in [5, 5.41) is 3.46. The summed E-state index contributed by atoms with van der Waals surface area (Å²) in [6.07, 6.45) is 2.60. The maximum absolute atomic E-state index is 10.7. The Balaban J connectivity index is 1.87. The Hall–Kier alpha value is -1.00. The Kier molecular flexibility index (Phi) is 3.85. The molecular weight excluding hydrogens is 220 g/mol. The molecule has 2 rings (SSSR count). The van der Waals surface area contributed by atoms with Crippen LogP contribution in [0.3, 0.4) is 0 Å². The number of primary amides is 1. The first-order chi connectivity index (χ1) is 7.74. The van der Waals surface area contributed by atoms with E-state index in [1.807, 2.05) is 12.1 Å². The maximum Gasteiger partial charge on any atom is 0.227 e. The molecule has 1 saturated carbocycles. The van der Waals surface area contributed by atoms with Crippen LogP contribution in [0.25, 0.3) is 0 Å². The average Bonchev–Trinajstić information content (AvgIpc) is 3.08. The molecule has 1 amide bonds. The van der Waals surface area contributed by atoms with Crippen LogP contribution >= 0.6 is 11.8 Å². The number of benzene rings is 1. The highest BCUT2D eigenvalue weighted by atomic mass is 32.2. The van der Waals surface area contributed by atoms with Gasteiger partial charge in [-0.05, 0) is 30.5 Å².